The third-order valence-electron chi connectivity index (χ3n) is 4.92. The Kier molecular flexibility index (Phi) is 8.57. The summed E-state index contributed by atoms with van der Waals surface area (Å²) in [5.41, 5.74) is 2.85. The lowest BCUT2D eigenvalue weighted by atomic mass is 10.0. The minimum atomic E-state index is -0.219. The second-order valence-electron chi connectivity index (χ2n) is 7.89. The third kappa shape index (κ3) is 6.77. The molecule has 0 saturated heterocycles. The summed E-state index contributed by atoms with van der Waals surface area (Å²) in [5, 5.41) is 4.36. The lowest BCUT2D eigenvalue weighted by molar-refractivity contribution is 0.268. The van der Waals surface area contributed by atoms with Gasteiger partial charge in [-0.3, -0.25) is 4.99 Å². The van der Waals surface area contributed by atoms with Crippen LogP contribution in [0.25, 0.3) is 0 Å². The second kappa shape index (κ2) is 10.7. The first kappa shape index (κ1) is 23.3. The molecule has 0 saturated carbocycles. The number of rotatable bonds is 10. The fourth-order valence-electron chi connectivity index (χ4n) is 3.20. The summed E-state index contributed by atoms with van der Waals surface area (Å²) < 4.78 is 19.5. The predicted octanol–water partition coefficient (Wildman–Crippen LogP) is 6.53. The smallest absolute Gasteiger partial charge is 0.136 e. The van der Waals surface area contributed by atoms with E-state index in [4.69, 9.17) is 9.73 Å². The van der Waals surface area contributed by atoms with E-state index in [1.54, 1.807) is 23.9 Å². The van der Waals surface area contributed by atoms with E-state index in [1.165, 1.54) is 6.07 Å². The van der Waals surface area contributed by atoms with Crippen LogP contribution in [0.3, 0.4) is 0 Å². The summed E-state index contributed by atoms with van der Waals surface area (Å²) in [6.07, 6.45) is 6.71. The number of benzene rings is 1. The highest BCUT2D eigenvalue weighted by atomic mass is 32.2. The van der Waals surface area contributed by atoms with E-state index in [0.717, 1.165) is 46.3 Å². The van der Waals surface area contributed by atoms with Gasteiger partial charge in [0.05, 0.1) is 5.54 Å². The van der Waals surface area contributed by atoms with Crippen LogP contribution in [-0.2, 0) is 4.74 Å². The van der Waals surface area contributed by atoms with Gasteiger partial charge in [0.2, 0.25) is 0 Å². The maximum atomic E-state index is 13.4. The van der Waals surface area contributed by atoms with E-state index in [0.29, 0.717) is 12.5 Å². The van der Waals surface area contributed by atoms with Crippen molar-refractivity contribution in [1.29, 1.82) is 0 Å². The van der Waals surface area contributed by atoms with Gasteiger partial charge in [0.15, 0.2) is 0 Å². The van der Waals surface area contributed by atoms with Crippen molar-refractivity contribution in [1.82, 2.24) is 0 Å². The average molecular weight is 417 g/mol. The Hall–Kier alpha value is -2.01. The number of anilines is 1. The molecule has 1 aromatic rings. The molecule has 1 unspecified atom stereocenters. The molecule has 1 aromatic carbocycles. The summed E-state index contributed by atoms with van der Waals surface area (Å²) in [4.78, 5) is 4.92. The van der Waals surface area contributed by atoms with Gasteiger partial charge >= 0.3 is 0 Å². The minimum absolute atomic E-state index is 0.138. The van der Waals surface area contributed by atoms with Crippen LogP contribution in [0.1, 0.15) is 39.7 Å². The van der Waals surface area contributed by atoms with Crippen molar-refractivity contribution in [3.63, 3.8) is 0 Å². The van der Waals surface area contributed by atoms with Crippen LogP contribution in [0.4, 0.5) is 10.1 Å². The third-order valence-corrected chi connectivity index (χ3v) is 6.23. The Balaban J connectivity index is 1.96. The van der Waals surface area contributed by atoms with Crippen LogP contribution >= 0.6 is 11.8 Å². The Labute approximate surface area is 179 Å². The van der Waals surface area contributed by atoms with E-state index in [2.05, 4.69) is 32.7 Å². The molecule has 1 N–H and O–H groups in total. The zero-order chi connectivity index (χ0) is 21.4. The van der Waals surface area contributed by atoms with Crippen molar-refractivity contribution in [3.8, 4) is 0 Å². The van der Waals surface area contributed by atoms with E-state index < -0.39 is 0 Å². The van der Waals surface area contributed by atoms with Crippen LogP contribution < -0.4 is 5.32 Å². The van der Waals surface area contributed by atoms with Crippen LogP contribution in [-0.4, -0.2) is 29.5 Å². The van der Waals surface area contributed by atoms with Crippen molar-refractivity contribution in [2.24, 2.45) is 10.9 Å². The summed E-state index contributed by atoms with van der Waals surface area (Å²) in [6.45, 7) is 15.5. The molecule has 0 fully saturated rings. The Morgan fingerprint density at radius 2 is 2.21 bits per heavy atom. The molecule has 1 heterocycles. The summed E-state index contributed by atoms with van der Waals surface area (Å²) >= 11 is 1.75. The van der Waals surface area contributed by atoms with Crippen molar-refractivity contribution in [3.05, 3.63) is 65.7 Å². The van der Waals surface area contributed by atoms with Gasteiger partial charge in [-0.1, -0.05) is 38.6 Å². The molecule has 1 aliphatic rings. The van der Waals surface area contributed by atoms with Crippen LogP contribution in [0.2, 0.25) is 0 Å². The van der Waals surface area contributed by atoms with Gasteiger partial charge in [-0.2, -0.15) is 0 Å². The van der Waals surface area contributed by atoms with Gasteiger partial charge in [0.25, 0.3) is 0 Å². The number of nitrogens with zero attached hydrogens (tertiary/aromatic N) is 1. The molecular weight excluding hydrogens is 383 g/mol. The molecule has 0 radical (unpaired) electrons. The topological polar surface area (TPSA) is 33.6 Å². The minimum Gasteiger partial charge on any atom is -0.486 e. The SMILES string of the molecule is C=C/C(=C(\C=C/C)OCC1=NC(C)(CCNc2cc(F)ccc2C)CS1)C(C)C. The average Bonchev–Trinajstić information content (AvgIpc) is 3.04. The lowest BCUT2D eigenvalue weighted by Gasteiger charge is -2.20. The Morgan fingerprint density at radius 1 is 1.45 bits per heavy atom. The maximum absolute atomic E-state index is 13.4. The van der Waals surface area contributed by atoms with Gasteiger partial charge in [-0.25, -0.2) is 4.39 Å². The number of thioether (sulfide) groups is 1. The second-order valence-corrected chi connectivity index (χ2v) is 8.94. The van der Waals surface area contributed by atoms with Gasteiger partial charge in [-0.05, 0) is 62.5 Å². The molecule has 2 rings (SSSR count). The molecule has 1 aliphatic heterocycles. The number of hydrogen-bond donors (Lipinski definition) is 1. The molecule has 0 aromatic heterocycles. The molecule has 0 bridgehead atoms. The van der Waals surface area contributed by atoms with Gasteiger partial charge in [-0.15, -0.1) is 11.8 Å². The zero-order valence-electron chi connectivity index (χ0n) is 18.2. The Morgan fingerprint density at radius 3 is 2.86 bits per heavy atom. The van der Waals surface area contributed by atoms with Gasteiger partial charge in [0.1, 0.15) is 23.2 Å². The molecule has 3 nitrogen and oxygen atoms in total. The van der Waals surface area contributed by atoms with Gasteiger partial charge in [0, 0.05) is 18.0 Å². The normalized spacial score (nSPS) is 20.0. The molecule has 5 heteroatoms. The van der Waals surface area contributed by atoms with Crippen molar-refractivity contribution in [2.75, 3.05) is 24.2 Å². The first-order valence-electron chi connectivity index (χ1n) is 10.1. The number of aryl methyl sites for hydroxylation is 1. The predicted molar refractivity (Wildman–Crippen MR) is 125 cm³/mol. The summed E-state index contributed by atoms with van der Waals surface area (Å²) in [5.74, 6) is 1.91. The van der Waals surface area contributed by atoms with Crippen LogP contribution in [0, 0.1) is 18.7 Å². The molecule has 0 amide bonds. The molecule has 29 heavy (non-hydrogen) atoms. The lowest BCUT2D eigenvalue weighted by Crippen LogP contribution is -2.26. The molecule has 0 aliphatic carbocycles. The van der Waals surface area contributed by atoms with Crippen LogP contribution in [0.5, 0.6) is 0 Å². The van der Waals surface area contributed by atoms with Crippen molar-refractivity contribution >= 4 is 22.5 Å². The monoisotopic (exact) mass is 416 g/mol. The molecule has 1 atom stereocenters. The highest BCUT2D eigenvalue weighted by Crippen LogP contribution is 2.31. The largest absolute Gasteiger partial charge is 0.486 e. The highest BCUT2D eigenvalue weighted by molar-refractivity contribution is 8.14. The highest BCUT2D eigenvalue weighted by Gasteiger charge is 2.30. The Bertz CT molecular complexity index is 813. The van der Waals surface area contributed by atoms with E-state index in [1.807, 2.05) is 32.1 Å². The fraction of sp³-hybridized carbons (Fsp3) is 0.458. The molecule has 0 spiro atoms. The van der Waals surface area contributed by atoms with Crippen LogP contribution in [0.15, 0.2) is 59.3 Å². The van der Waals surface area contributed by atoms with Crippen molar-refractivity contribution < 1.29 is 9.13 Å². The molecule has 158 valence electrons. The first-order chi connectivity index (χ1) is 13.8. The van der Waals surface area contributed by atoms with E-state index in [-0.39, 0.29) is 11.4 Å². The summed E-state index contributed by atoms with van der Waals surface area (Å²) in [7, 11) is 0. The standard InChI is InChI=1S/C24H33FN2OS/c1-7-9-22(20(8-2)17(3)4)28-15-23-27-24(6,16-29-23)12-13-26-21-14-19(25)11-10-18(21)5/h7-11,14,17,26H,2,12-13,15-16H2,1,3-6H3/b9-7-,22-20-. The first-order valence-corrected chi connectivity index (χ1v) is 11.1. The maximum Gasteiger partial charge on any atom is 0.136 e. The van der Waals surface area contributed by atoms with Gasteiger partial charge < -0.3 is 10.1 Å². The number of aliphatic imine (C=N–C) groups is 1. The number of allylic oxidation sites excluding steroid dienone is 4. The van der Waals surface area contributed by atoms with Crippen molar-refractivity contribution in [2.45, 2.75) is 46.6 Å². The number of ether oxygens (including phenoxy) is 1. The number of nitrogens with one attached hydrogen (secondary N) is 1. The molecular formula is C24H33FN2OS. The quantitative estimate of drug-likeness (QED) is 0.348. The number of halogens is 1. The van der Waals surface area contributed by atoms with E-state index >= 15 is 0 Å². The number of hydrogen-bond acceptors (Lipinski definition) is 4. The summed E-state index contributed by atoms with van der Waals surface area (Å²) in [6, 6.07) is 4.83. The van der Waals surface area contributed by atoms with E-state index in [9.17, 15) is 4.39 Å². The fourth-order valence-corrected chi connectivity index (χ4v) is 4.31. The zero-order valence-corrected chi connectivity index (χ0v) is 19.0.